The molecule has 0 fully saturated rings. The van der Waals surface area contributed by atoms with Gasteiger partial charge in [-0.3, -0.25) is 14.4 Å². The Morgan fingerprint density at radius 1 is 1.15 bits per heavy atom. The van der Waals surface area contributed by atoms with E-state index in [1.54, 1.807) is 6.92 Å². The van der Waals surface area contributed by atoms with Gasteiger partial charge in [-0.1, -0.05) is 20.3 Å². The third kappa shape index (κ3) is 9.40. The second-order valence-electron chi connectivity index (χ2n) is 7.68. The number of aliphatic carboxylic acids is 1. The lowest BCUT2D eigenvalue weighted by Crippen LogP contribution is -2.59. The van der Waals surface area contributed by atoms with E-state index in [-0.39, 0.29) is 18.8 Å². The number of nitrogens with zero attached hydrogens (tertiary/aromatic N) is 1. The Bertz CT molecular complexity index is 777. The zero-order valence-electron chi connectivity index (χ0n) is 19.0. The van der Waals surface area contributed by atoms with Crippen molar-refractivity contribution in [1.29, 1.82) is 0 Å². The minimum absolute atomic E-state index is 0.0315. The van der Waals surface area contributed by atoms with Crippen molar-refractivity contribution >= 4 is 35.5 Å². The highest BCUT2D eigenvalue weighted by atomic mass is 32.2. The van der Waals surface area contributed by atoms with E-state index in [0.29, 0.717) is 17.9 Å². The number of amides is 3. The maximum absolute atomic E-state index is 13.1. The van der Waals surface area contributed by atoms with E-state index in [2.05, 4.69) is 25.9 Å². The highest BCUT2D eigenvalue weighted by Crippen LogP contribution is 2.10. The first-order valence-electron chi connectivity index (χ1n) is 10.6. The third-order valence-electron chi connectivity index (χ3n) is 5.16. The zero-order chi connectivity index (χ0) is 25.0. The maximum Gasteiger partial charge on any atom is 0.326 e. The summed E-state index contributed by atoms with van der Waals surface area (Å²) >= 11 is 1.45. The largest absolute Gasteiger partial charge is 0.480 e. The predicted molar refractivity (Wildman–Crippen MR) is 123 cm³/mol. The van der Waals surface area contributed by atoms with Crippen LogP contribution >= 0.6 is 11.8 Å². The quantitative estimate of drug-likeness (QED) is 0.156. The highest BCUT2D eigenvalue weighted by molar-refractivity contribution is 7.98. The van der Waals surface area contributed by atoms with E-state index in [4.69, 9.17) is 10.8 Å². The lowest BCUT2D eigenvalue weighted by molar-refractivity contribution is -0.142. The van der Waals surface area contributed by atoms with Gasteiger partial charge >= 0.3 is 5.97 Å². The SMILES string of the molecule is CCC(C)C(NC(=O)C(N)CO)C(=O)NC(Cc1cnc[nH]1)C(=O)NC(CCSC)C(=O)O. The number of nitrogens with two attached hydrogens (primary N) is 1. The van der Waals surface area contributed by atoms with Crippen LogP contribution in [0.1, 0.15) is 32.4 Å². The molecule has 0 aliphatic heterocycles. The first-order valence-corrected chi connectivity index (χ1v) is 12.0. The van der Waals surface area contributed by atoms with Gasteiger partial charge in [0.25, 0.3) is 0 Å². The van der Waals surface area contributed by atoms with Crippen LogP contribution in [0.15, 0.2) is 12.5 Å². The van der Waals surface area contributed by atoms with Crippen molar-refractivity contribution in [2.24, 2.45) is 11.7 Å². The fourth-order valence-corrected chi connectivity index (χ4v) is 3.37. The second kappa shape index (κ2) is 14.5. The number of nitrogens with one attached hydrogen (secondary N) is 4. The minimum atomic E-state index is -1.19. The van der Waals surface area contributed by atoms with Gasteiger partial charge in [0.05, 0.1) is 12.9 Å². The van der Waals surface area contributed by atoms with Crippen LogP contribution < -0.4 is 21.7 Å². The summed E-state index contributed by atoms with van der Waals surface area (Å²) in [6.07, 6.45) is 5.53. The van der Waals surface area contributed by atoms with E-state index in [1.165, 1.54) is 24.3 Å². The summed E-state index contributed by atoms with van der Waals surface area (Å²) in [6, 6.07) is -4.44. The molecule has 8 N–H and O–H groups in total. The summed E-state index contributed by atoms with van der Waals surface area (Å²) in [5, 5.41) is 26.2. The molecule has 0 aliphatic carbocycles. The topological polar surface area (TPSA) is 200 Å². The van der Waals surface area contributed by atoms with E-state index < -0.39 is 54.5 Å². The number of thioether (sulfide) groups is 1. The first kappa shape index (κ1) is 28.4. The number of rotatable bonds is 15. The Morgan fingerprint density at radius 3 is 2.33 bits per heavy atom. The first-order chi connectivity index (χ1) is 15.6. The molecular weight excluding hydrogens is 452 g/mol. The number of H-pyrrole nitrogens is 1. The number of aromatic amines is 1. The van der Waals surface area contributed by atoms with Gasteiger partial charge in [0.1, 0.15) is 24.2 Å². The Balaban J connectivity index is 3.06. The molecule has 0 aromatic carbocycles. The van der Waals surface area contributed by atoms with Gasteiger partial charge in [0.15, 0.2) is 0 Å². The molecule has 1 aromatic heterocycles. The maximum atomic E-state index is 13.1. The molecule has 0 saturated heterocycles. The van der Waals surface area contributed by atoms with Crippen molar-refractivity contribution in [1.82, 2.24) is 25.9 Å². The zero-order valence-corrected chi connectivity index (χ0v) is 19.9. The molecule has 0 aliphatic rings. The summed E-state index contributed by atoms with van der Waals surface area (Å²) in [7, 11) is 0. The molecule has 1 heterocycles. The van der Waals surface area contributed by atoms with Crippen LogP contribution in [0, 0.1) is 5.92 Å². The molecular formula is C20H34N6O6S. The van der Waals surface area contributed by atoms with E-state index >= 15 is 0 Å². The summed E-state index contributed by atoms with van der Waals surface area (Å²) in [6.45, 7) is 3.00. The highest BCUT2D eigenvalue weighted by Gasteiger charge is 2.32. The molecule has 0 saturated carbocycles. The van der Waals surface area contributed by atoms with Gasteiger partial charge in [-0.05, 0) is 24.3 Å². The number of imidazole rings is 1. The van der Waals surface area contributed by atoms with Gasteiger partial charge in [0.2, 0.25) is 17.7 Å². The number of carboxylic acids is 1. The molecule has 13 heteroatoms. The smallest absolute Gasteiger partial charge is 0.326 e. The van der Waals surface area contributed by atoms with Gasteiger partial charge in [-0.25, -0.2) is 9.78 Å². The van der Waals surface area contributed by atoms with Crippen molar-refractivity contribution in [2.45, 2.75) is 57.3 Å². The third-order valence-corrected chi connectivity index (χ3v) is 5.81. The Morgan fingerprint density at radius 2 is 1.82 bits per heavy atom. The van der Waals surface area contributed by atoms with Gasteiger partial charge < -0.3 is 36.9 Å². The summed E-state index contributed by atoms with van der Waals surface area (Å²) in [5.41, 5.74) is 6.10. The number of carboxylic acid groups (broad SMARTS) is 1. The lowest BCUT2D eigenvalue weighted by Gasteiger charge is -2.27. The van der Waals surface area contributed by atoms with Crippen molar-refractivity contribution in [2.75, 3.05) is 18.6 Å². The molecule has 1 rings (SSSR count). The van der Waals surface area contributed by atoms with Crippen LogP contribution in [-0.4, -0.2) is 86.7 Å². The molecule has 5 atom stereocenters. The number of hydrogen-bond acceptors (Lipinski definition) is 8. The fourth-order valence-electron chi connectivity index (χ4n) is 2.90. The number of hydrogen-bond donors (Lipinski definition) is 7. The monoisotopic (exact) mass is 486 g/mol. The van der Waals surface area contributed by atoms with Crippen LogP contribution in [0.3, 0.4) is 0 Å². The van der Waals surface area contributed by atoms with E-state index in [1.807, 2.05) is 13.2 Å². The Kier molecular flexibility index (Phi) is 12.5. The molecule has 186 valence electrons. The Hall–Kier alpha value is -2.64. The summed E-state index contributed by atoms with van der Waals surface area (Å²) < 4.78 is 0. The van der Waals surface area contributed by atoms with Crippen LogP contribution in [0.4, 0.5) is 0 Å². The van der Waals surface area contributed by atoms with Gasteiger partial charge in [0, 0.05) is 18.3 Å². The molecule has 5 unspecified atom stereocenters. The van der Waals surface area contributed by atoms with Crippen molar-refractivity contribution in [3.63, 3.8) is 0 Å². The second-order valence-corrected chi connectivity index (χ2v) is 8.67. The number of aromatic nitrogens is 2. The minimum Gasteiger partial charge on any atom is -0.480 e. The van der Waals surface area contributed by atoms with Crippen molar-refractivity contribution in [3.05, 3.63) is 18.2 Å². The van der Waals surface area contributed by atoms with Crippen LogP contribution in [-0.2, 0) is 25.6 Å². The van der Waals surface area contributed by atoms with Gasteiger partial charge in [-0.2, -0.15) is 11.8 Å². The fraction of sp³-hybridized carbons (Fsp3) is 0.650. The van der Waals surface area contributed by atoms with E-state index in [0.717, 1.165) is 0 Å². The van der Waals surface area contributed by atoms with Crippen LogP contribution in [0.2, 0.25) is 0 Å². The van der Waals surface area contributed by atoms with Gasteiger partial charge in [-0.15, -0.1) is 0 Å². The number of carbonyl (C=O) groups excluding carboxylic acids is 3. The van der Waals surface area contributed by atoms with Crippen LogP contribution in [0.5, 0.6) is 0 Å². The lowest BCUT2D eigenvalue weighted by atomic mass is 9.97. The normalized spacial score (nSPS) is 15.5. The molecule has 1 aromatic rings. The van der Waals surface area contributed by atoms with Crippen LogP contribution in [0.25, 0.3) is 0 Å². The predicted octanol–water partition coefficient (Wildman–Crippen LogP) is -1.39. The molecule has 0 spiro atoms. The average molecular weight is 487 g/mol. The average Bonchev–Trinajstić information content (AvgIpc) is 3.31. The van der Waals surface area contributed by atoms with Crippen molar-refractivity contribution < 1.29 is 29.4 Å². The van der Waals surface area contributed by atoms with E-state index in [9.17, 15) is 24.3 Å². The molecule has 33 heavy (non-hydrogen) atoms. The summed E-state index contributed by atoms with van der Waals surface area (Å²) in [5.74, 6) is -2.94. The Labute approximate surface area is 196 Å². The van der Waals surface area contributed by atoms with Crippen molar-refractivity contribution in [3.8, 4) is 0 Å². The molecule has 3 amide bonds. The standard InChI is InChI=1S/C20H34N6O6S/c1-4-11(2)16(26-17(28)13(21)9-27)19(30)25-15(7-12-8-22-10-23-12)18(29)24-14(20(31)32)5-6-33-3/h8,10-11,13-16,27H,4-7,9,21H2,1-3H3,(H,22,23)(H,24,29)(H,25,30)(H,26,28)(H,31,32). The number of carbonyl (C=O) groups is 4. The molecule has 0 radical (unpaired) electrons. The summed E-state index contributed by atoms with van der Waals surface area (Å²) in [4.78, 5) is 56.5. The number of aliphatic hydroxyl groups excluding tert-OH is 1. The molecule has 0 bridgehead atoms. The number of aliphatic hydroxyl groups is 1. The molecule has 12 nitrogen and oxygen atoms in total.